The van der Waals surface area contributed by atoms with Gasteiger partial charge in [0.05, 0.1) is 25.4 Å². The Balaban J connectivity index is 3.37. The molecule has 6 nitrogen and oxygen atoms in total. The molecule has 1 amide bonds. The van der Waals surface area contributed by atoms with Gasteiger partial charge in [-0.05, 0) is 96.3 Å². The van der Waals surface area contributed by atoms with Crippen LogP contribution in [0.25, 0.3) is 0 Å². The smallest absolute Gasteiger partial charge is 0.305 e. The Morgan fingerprint density at radius 2 is 0.515 bits per heavy atom. The van der Waals surface area contributed by atoms with Crippen LogP contribution in [0.15, 0.2) is 60.8 Å². The average Bonchev–Trinajstić information content (AvgIpc) is 2.51. The van der Waals surface area contributed by atoms with E-state index < -0.39 is 12.1 Å². The summed E-state index contributed by atoms with van der Waals surface area (Å²) in [5, 5.41) is 23.3. The topological polar surface area (TPSA) is 95.9 Å². The molecule has 0 bridgehead atoms. The number of hydrogen-bond acceptors (Lipinski definition) is 5. The molecule has 0 radical (unpaired) electrons. The minimum absolute atomic E-state index is 0.0169. The summed E-state index contributed by atoms with van der Waals surface area (Å²) in [6.07, 6.45) is 117. The van der Waals surface area contributed by atoms with E-state index in [1.54, 1.807) is 6.08 Å². The quantitative estimate of drug-likeness (QED) is 0.0320. The van der Waals surface area contributed by atoms with E-state index in [4.69, 9.17) is 4.74 Å². The summed E-state index contributed by atoms with van der Waals surface area (Å²) in [6, 6.07) is -0.628. The second-order valence-corrected chi connectivity index (χ2v) is 30.2. The highest BCUT2D eigenvalue weighted by atomic mass is 16.5. The van der Waals surface area contributed by atoms with Gasteiger partial charge in [-0.1, -0.05) is 434 Å². The molecule has 97 heavy (non-hydrogen) atoms. The van der Waals surface area contributed by atoms with Crippen LogP contribution < -0.4 is 5.32 Å². The van der Waals surface area contributed by atoms with Crippen molar-refractivity contribution in [3.05, 3.63) is 60.8 Å². The molecule has 0 aromatic carbocycles. The molecule has 0 spiro atoms. The molecular weight excluding hydrogens is 1190 g/mol. The SMILES string of the molecule is CCCCC/C=C\C/C=C\CCCCCCCCCCCC(=O)OCCCCCCCCCCCCCCCCC/C=C\C/C=C\CCCCCCCCCCCCCCCCCCCC(=O)NC(CO)C(O)/C=C/CCCCCCCCCCCCCCCCCCCCCC. The van der Waals surface area contributed by atoms with Gasteiger partial charge in [0.15, 0.2) is 0 Å². The molecule has 0 aliphatic rings. The number of nitrogens with one attached hydrogen (secondary N) is 1. The van der Waals surface area contributed by atoms with Crippen LogP contribution in [0.3, 0.4) is 0 Å². The third kappa shape index (κ3) is 82.4. The minimum Gasteiger partial charge on any atom is -0.466 e. The summed E-state index contributed by atoms with van der Waals surface area (Å²) < 4.78 is 5.52. The van der Waals surface area contributed by atoms with Gasteiger partial charge in [-0.15, -0.1) is 0 Å². The summed E-state index contributed by atoms with van der Waals surface area (Å²) in [4.78, 5) is 24.7. The van der Waals surface area contributed by atoms with Crippen LogP contribution >= 0.6 is 0 Å². The Hall–Kier alpha value is -2.44. The van der Waals surface area contributed by atoms with E-state index in [1.165, 1.54) is 398 Å². The first-order valence-electron chi connectivity index (χ1n) is 44.1. The number of esters is 1. The molecule has 2 atom stereocenters. The van der Waals surface area contributed by atoms with Crippen molar-refractivity contribution in [2.75, 3.05) is 13.2 Å². The number of carbonyl (C=O) groups is 2. The van der Waals surface area contributed by atoms with Crippen molar-refractivity contribution < 1.29 is 24.5 Å². The van der Waals surface area contributed by atoms with Gasteiger partial charge in [-0.3, -0.25) is 9.59 Å². The summed E-state index contributed by atoms with van der Waals surface area (Å²) in [5.41, 5.74) is 0. The van der Waals surface area contributed by atoms with Crippen LogP contribution in [0.4, 0.5) is 0 Å². The first-order valence-corrected chi connectivity index (χ1v) is 44.1. The van der Waals surface area contributed by atoms with Crippen molar-refractivity contribution in [3.8, 4) is 0 Å². The average molecular weight is 1360 g/mol. The normalized spacial score (nSPS) is 12.7. The predicted octanol–water partition coefficient (Wildman–Crippen LogP) is 29.7. The van der Waals surface area contributed by atoms with Crippen molar-refractivity contribution >= 4 is 11.9 Å². The summed E-state index contributed by atoms with van der Waals surface area (Å²) in [7, 11) is 0. The molecule has 570 valence electrons. The molecule has 0 aliphatic heterocycles. The van der Waals surface area contributed by atoms with Crippen LogP contribution in [-0.4, -0.2) is 47.4 Å². The molecule has 0 heterocycles. The molecule has 2 unspecified atom stereocenters. The van der Waals surface area contributed by atoms with Gasteiger partial charge in [-0.2, -0.15) is 0 Å². The third-order valence-corrected chi connectivity index (χ3v) is 20.5. The van der Waals surface area contributed by atoms with E-state index >= 15 is 0 Å². The van der Waals surface area contributed by atoms with E-state index in [-0.39, 0.29) is 18.5 Å². The van der Waals surface area contributed by atoms with E-state index in [0.717, 1.165) is 57.8 Å². The Labute approximate surface area is 607 Å². The minimum atomic E-state index is -0.845. The van der Waals surface area contributed by atoms with Crippen LogP contribution in [0.5, 0.6) is 0 Å². The number of hydrogen-bond donors (Lipinski definition) is 3. The van der Waals surface area contributed by atoms with E-state index in [0.29, 0.717) is 19.4 Å². The first-order chi connectivity index (χ1) is 48.0. The van der Waals surface area contributed by atoms with Crippen molar-refractivity contribution in [2.24, 2.45) is 0 Å². The van der Waals surface area contributed by atoms with Crippen molar-refractivity contribution in [1.29, 1.82) is 0 Å². The Kier molecular flexibility index (Phi) is 83.8. The Morgan fingerprint density at radius 1 is 0.289 bits per heavy atom. The lowest BCUT2D eigenvalue weighted by molar-refractivity contribution is -0.143. The second kappa shape index (κ2) is 86.0. The predicted molar refractivity (Wildman–Crippen MR) is 430 cm³/mol. The fourth-order valence-corrected chi connectivity index (χ4v) is 13.8. The molecule has 3 N–H and O–H groups in total. The molecule has 0 aromatic rings. The zero-order chi connectivity index (χ0) is 69.8. The van der Waals surface area contributed by atoms with Crippen molar-refractivity contribution in [3.63, 3.8) is 0 Å². The number of aliphatic hydroxyl groups is 2. The van der Waals surface area contributed by atoms with Crippen molar-refractivity contribution in [1.82, 2.24) is 5.32 Å². The summed E-state index contributed by atoms with van der Waals surface area (Å²) >= 11 is 0. The van der Waals surface area contributed by atoms with Gasteiger partial charge >= 0.3 is 5.97 Å². The highest BCUT2D eigenvalue weighted by molar-refractivity contribution is 5.76. The van der Waals surface area contributed by atoms with Crippen LogP contribution in [0.2, 0.25) is 0 Å². The number of ether oxygens (including phenoxy) is 1. The molecule has 6 heteroatoms. The fraction of sp³-hybridized carbons (Fsp3) is 0.868. The summed E-state index contributed by atoms with van der Waals surface area (Å²) in [5.74, 6) is -0.0434. The number of unbranched alkanes of at least 4 members (excludes halogenated alkanes) is 64. The second-order valence-electron chi connectivity index (χ2n) is 30.2. The number of amides is 1. The lowest BCUT2D eigenvalue weighted by Crippen LogP contribution is -2.45. The molecule has 0 fully saturated rings. The molecular formula is C91H171NO5. The maximum Gasteiger partial charge on any atom is 0.305 e. The van der Waals surface area contributed by atoms with Crippen LogP contribution in [0, 0.1) is 0 Å². The lowest BCUT2D eigenvalue weighted by Gasteiger charge is -2.20. The van der Waals surface area contributed by atoms with Gasteiger partial charge in [-0.25, -0.2) is 0 Å². The number of rotatable bonds is 83. The number of aliphatic hydroxyl groups excluding tert-OH is 2. The highest BCUT2D eigenvalue weighted by Crippen LogP contribution is 2.20. The van der Waals surface area contributed by atoms with E-state index in [9.17, 15) is 19.8 Å². The van der Waals surface area contributed by atoms with Gasteiger partial charge in [0, 0.05) is 12.8 Å². The lowest BCUT2D eigenvalue weighted by atomic mass is 10.0. The standard InChI is InChI=1S/C91H171NO5/c1-3-5-7-9-11-13-15-17-19-21-23-24-44-48-51-55-59-63-67-71-75-79-83-89(94)88(87-93)92-90(95)84-80-76-72-68-64-60-56-52-49-45-42-40-38-36-34-32-30-28-26-25-27-29-31-33-35-37-39-41-43-46-50-54-58-62-66-70-74-78-82-86-97-91(96)85-81-77-73-69-65-61-57-53-47-22-20-18-16-14-12-10-8-6-4-2/h12,14,18,20,25-26,29,31,79,83,88-89,93-94H,3-11,13,15-17,19,21-24,27-28,30,32-78,80-82,84-87H2,1-2H3,(H,92,95)/b14-12-,20-18-,26-25-,31-29-,83-79+. The molecule has 0 rings (SSSR count). The van der Waals surface area contributed by atoms with Crippen LogP contribution in [0.1, 0.15) is 483 Å². The van der Waals surface area contributed by atoms with Gasteiger partial charge in [0.1, 0.15) is 0 Å². The monoisotopic (exact) mass is 1360 g/mol. The van der Waals surface area contributed by atoms with Gasteiger partial charge in [0.2, 0.25) is 5.91 Å². The van der Waals surface area contributed by atoms with Gasteiger partial charge in [0.25, 0.3) is 0 Å². The largest absolute Gasteiger partial charge is 0.466 e. The zero-order valence-corrected chi connectivity index (χ0v) is 65.6. The first kappa shape index (κ1) is 94.6. The van der Waals surface area contributed by atoms with E-state index in [1.807, 2.05) is 6.08 Å². The number of carbonyl (C=O) groups excluding carboxylic acids is 2. The number of allylic oxidation sites excluding steroid dienone is 9. The maximum absolute atomic E-state index is 12.6. The van der Waals surface area contributed by atoms with Crippen molar-refractivity contribution in [2.45, 2.75) is 495 Å². The zero-order valence-electron chi connectivity index (χ0n) is 65.6. The summed E-state index contributed by atoms with van der Waals surface area (Å²) in [6.45, 7) is 4.93. The van der Waals surface area contributed by atoms with Gasteiger partial charge < -0.3 is 20.3 Å². The molecule has 0 saturated heterocycles. The molecule has 0 aromatic heterocycles. The maximum atomic E-state index is 12.6. The molecule has 0 saturated carbocycles. The van der Waals surface area contributed by atoms with E-state index in [2.05, 4.69) is 67.8 Å². The Morgan fingerprint density at radius 3 is 0.804 bits per heavy atom. The van der Waals surface area contributed by atoms with Crippen LogP contribution in [-0.2, 0) is 14.3 Å². The Bertz CT molecular complexity index is 1670. The third-order valence-electron chi connectivity index (χ3n) is 20.5. The highest BCUT2D eigenvalue weighted by Gasteiger charge is 2.18. The fourth-order valence-electron chi connectivity index (χ4n) is 13.8. The molecule has 0 aliphatic carbocycles.